The summed E-state index contributed by atoms with van der Waals surface area (Å²) in [5.74, 6) is 0. The lowest BCUT2D eigenvalue weighted by atomic mass is 9.85. The van der Waals surface area contributed by atoms with Crippen molar-refractivity contribution in [2.45, 2.75) is 25.7 Å². The maximum absolute atomic E-state index is 9.90. The molecule has 11 rings (SSSR count). The molecule has 10 aromatic carbocycles. The molecule has 0 aliphatic rings. The molecule has 0 atom stereocenters. The van der Waals surface area contributed by atoms with Crippen LogP contribution in [0.1, 0.15) is 62.2 Å². The Morgan fingerprint density at radius 3 is 1.74 bits per heavy atom. The molecule has 0 unspecified atom stereocenters. The van der Waals surface area contributed by atoms with Crippen molar-refractivity contribution in [2.75, 3.05) is 0 Å². The van der Waals surface area contributed by atoms with Crippen LogP contribution < -0.4 is 0 Å². The third-order valence-corrected chi connectivity index (χ3v) is 10.5. The Kier molecular flexibility index (Phi) is 4.49. The molecule has 0 saturated heterocycles. The molecule has 0 fully saturated rings. The van der Waals surface area contributed by atoms with Crippen molar-refractivity contribution in [3.63, 3.8) is 0 Å². The lowest BCUT2D eigenvalue weighted by molar-refractivity contribution is 0.670. The van der Waals surface area contributed by atoms with Crippen molar-refractivity contribution in [2.24, 2.45) is 0 Å². The number of furan rings is 1. The number of benzene rings is 10. The summed E-state index contributed by atoms with van der Waals surface area (Å²) in [4.78, 5) is 0. The van der Waals surface area contributed by atoms with Gasteiger partial charge in [-0.05, 0) is 120 Å². The van der Waals surface area contributed by atoms with Gasteiger partial charge in [0, 0.05) is 16.3 Å². The normalized spacial score (nSPS) is 16.9. The Bertz CT molecular complexity index is 4430. The van der Waals surface area contributed by atoms with E-state index in [0.29, 0.717) is 22.1 Å². The summed E-state index contributed by atoms with van der Waals surface area (Å²) in [6, 6.07) is 7.89. The molecule has 1 nitrogen and oxygen atoms in total. The lowest BCUT2D eigenvalue weighted by Gasteiger charge is -2.19. The van der Waals surface area contributed by atoms with Crippen LogP contribution >= 0.6 is 0 Å². The molecule has 0 N–H and O–H groups in total. The molecule has 11 aromatic rings. The molecule has 1 aromatic heterocycles. The Morgan fingerprint density at radius 1 is 0.421 bits per heavy atom. The third kappa shape index (κ3) is 6.04. The standard InChI is InChI=1S/C56H40O/c1-2-14-40(15-3-1)46-23-12-24-52-54-33-38(27-30-55(54)57-56(46)52)32-44-34-42-17-6-7-18-43(42)35-45(44)36-53-49-21-10-8-19-47(49)51(48-20-9-11-22-50(48)53)29-26-37-25-28-39-13-4-5-16-41(39)31-37/h1-25,27-28,30-31,33-35H,26,29,32,36H2/i4D,5D,6D,7D,8D,9D,10D,11D,13D,16D,17D,18D,19D,20D,21D,22D,25D,28D,31D,34D,35D. The van der Waals surface area contributed by atoms with E-state index in [1.165, 1.54) is 0 Å². The van der Waals surface area contributed by atoms with Crippen molar-refractivity contribution >= 4 is 65.0 Å². The minimum absolute atomic E-state index is 0.0300. The first-order valence-corrected chi connectivity index (χ1v) is 18.4. The van der Waals surface area contributed by atoms with Crippen LogP contribution in [-0.2, 0) is 25.7 Å². The number of hydrogen-bond acceptors (Lipinski definition) is 1. The summed E-state index contributed by atoms with van der Waals surface area (Å²) in [7, 11) is 0. The number of para-hydroxylation sites is 1. The van der Waals surface area contributed by atoms with Crippen LogP contribution in [0.5, 0.6) is 0 Å². The summed E-state index contributed by atoms with van der Waals surface area (Å²) in [5.41, 5.74) is 3.25. The van der Waals surface area contributed by atoms with Crippen molar-refractivity contribution in [3.05, 3.63) is 227 Å². The highest BCUT2D eigenvalue weighted by Gasteiger charge is 2.18. The lowest BCUT2D eigenvalue weighted by Crippen LogP contribution is -2.02. The molecular formula is C56H40O. The van der Waals surface area contributed by atoms with Crippen LogP contribution in [0.2, 0.25) is 0 Å². The topological polar surface area (TPSA) is 13.1 Å². The van der Waals surface area contributed by atoms with E-state index in [1.54, 1.807) is 12.1 Å². The van der Waals surface area contributed by atoms with E-state index >= 15 is 0 Å². The van der Waals surface area contributed by atoms with E-state index in [0.717, 1.165) is 16.5 Å². The van der Waals surface area contributed by atoms with Crippen molar-refractivity contribution in [1.82, 2.24) is 0 Å². The number of rotatable bonds is 8. The predicted octanol–water partition coefficient (Wildman–Crippen LogP) is 14.8. The molecule has 1 heterocycles. The van der Waals surface area contributed by atoms with Crippen LogP contribution in [-0.4, -0.2) is 0 Å². The van der Waals surface area contributed by atoms with Gasteiger partial charge in [0.05, 0.1) is 28.8 Å². The zero-order valence-corrected chi connectivity index (χ0v) is 30.1. The van der Waals surface area contributed by atoms with Gasteiger partial charge in [0.1, 0.15) is 11.2 Å². The molecule has 270 valence electrons. The van der Waals surface area contributed by atoms with Gasteiger partial charge < -0.3 is 4.42 Å². The van der Waals surface area contributed by atoms with Gasteiger partial charge in [-0.25, -0.2) is 0 Å². The summed E-state index contributed by atoms with van der Waals surface area (Å²) in [6.07, 6.45) is -1.47. The first-order valence-electron chi connectivity index (χ1n) is 28.9. The van der Waals surface area contributed by atoms with E-state index in [9.17, 15) is 9.60 Å². The van der Waals surface area contributed by atoms with Crippen molar-refractivity contribution < 1.29 is 33.2 Å². The third-order valence-electron chi connectivity index (χ3n) is 10.5. The molecule has 0 saturated carbocycles. The molecule has 0 spiro atoms. The first kappa shape index (κ1) is 18.3. The van der Waals surface area contributed by atoms with Crippen molar-refractivity contribution in [1.29, 1.82) is 0 Å². The maximum Gasteiger partial charge on any atom is 0.143 e. The number of hydrogen-bond donors (Lipinski definition) is 0. The van der Waals surface area contributed by atoms with Gasteiger partial charge in [-0.2, -0.15) is 0 Å². The van der Waals surface area contributed by atoms with Crippen LogP contribution in [0.15, 0.2) is 198 Å². The summed E-state index contributed by atoms with van der Waals surface area (Å²) in [6.45, 7) is 0. The first-order chi connectivity index (χ1) is 37.0. The van der Waals surface area contributed by atoms with E-state index in [-0.39, 0.29) is 96.2 Å². The van der Waals surface area contributed by atoms with Gasteiger partial charge in [-0.1, -0.05) is 181 Å². The van der Waals surface area contributed by atoms with E-state index in [2.05, 4.69) is 0 Å². The largest absolute Gasteiger partial charge is 0.455 e. The van der Waals surface area contributed by atoms with E-state index in [1.807, 2.05) is 54.6 Å². The monoisotopic (exact) mass is 749 g/mol. The molecular weight excluding hydrogens is 689 g/mol. The fraction of sp³-hybridized carbons (Fsp3) is 0.0714. The van der Waals surface area contributed by atoms with Crippen LogP contribution in [0.4, 0.5) is 0 Å². The summed E-state index contributed by atoms with van der Waals surface area (Å²) < 4.78 is 196. The quantitative estimate of drug-likeness (QED) is 0.141. The highest BCUT2D eigenvalue weighted by atomic mass is 16.3. The highest BCUT2D eigenvalue weighted by Crippen LogP contribution is 2.39. The zero-order valence-electron chi connectivity index (χ0n) is 51.1. The molecule has 0 aliphatic heterocycles. The Labute approximate surface area is 362 Å². The van der Waals surface area contributed by atoms with Gasteiger partial charge in [-0.15, -0.1) is 0 Å². The average Bonchev–Trinajstić information content (AvgIpc) is 3.41. The minimum Gasteiger partial charge on any atom is -0.455 e. The SMILES string of the molecule is [2H]c1c([2H])c([2H])c2c([2H])c(CCc3c4c([2H])c([2H])c([2H])c([2H])c4c(Cc4c(Cc5ccc6oc7c(-c8ccccc8)cccc7c6c5)c([2H])c5c([2H])c([2H])c([2H])c([2H])c5c4[2H])c4c([2H])c([2H])c([2H])c([2H])c34)c([2H])c([2H])c2c1[2H]. The molecule has 0 aliphatic carbocycles. The van der Waals surface area contributed by atoms with E-state index < -0.39 is 127 Å². The smallest absolute Gasteiger partial charge is 0.143 e. The molecule has 57 heavy (non-hydrogen) atoms. The van der Waals surface area contributed by atoms with Crippen LogP contribution in [0, 0.1) is 0 Å². The number of aryl methyl sites for hydroxylation is 1. The molecule has 0 radical (unpaired) electrons. The fourth-order valence-electron chi connectivity index (χ4n) is 7.84. The van der Waals surface area contributed by atoms with Gasteiger partial charge in [0.2, 0.25) is 0 Å². The fourth-order valence-corrected chi connectivity index (χ4v) is 7.84. The Morgan fingerprint density at radius 2 is 1.04 bits per heavy atom. The van der Waals surface area contributed by atoms with E-state index in [4.69, 9.17) is 23.6 Å². The predicted molar refractivity (Wildman–Crippen MR) is 242 cm³/mol. The Balaban J connectivity index is 1.19. The second-order valence-corrected chi connectivity index (χ2v) is 13.9. The average molecular weight is 750 g/mol. The Hall–Kier alpha value is -6.96. The van der Waals surface area contributed by atoms with Gasteiger partial charge in [-0.3, -0.25) is 0 Å². The zero-order chi connectivity index (χ0) is 56.0. The van der Waals surface area contributed by atoms with Crippen molar-refractivity contribution in [3.8, 4) is 11.1 Å². The summed E-state index contributed by atoms with van der Waals surface area (Å²) >= 11 is 0. The van der Waals surface area contributed by atoms with Gasteiger partial charge >= 0.3 is 0 Å². The molecule has 0 amide bonds. The minimum atomic E-state index is -0.722. The highest BCUT2D eigenvalue weighted by molar-refractivity contribution is 6.10. The molecule has 0 bridgehead atoms. The molecule has 1 heteroatoms. The van der Waals surface area contributed by atoms with Crippen LogP contribution in [0.3, 0.4) is 0 Å². The van der Waals surface area contributed by atoms with Crippen LogP contribution in [0.25, 0.3) is 76.2 Å². The summed E-state index contributed by atoms with van der Waals surface area (Å²) in [5, 5.41) is -0.618. The second kappa shape index (κ2) is 14.0. The van der Waals surface area contributed by atoms with Gasteiger partial charge in [0.15, 0.2) is 0 Å². The maximum atomic E-state index is 9.90. The van der Waals surface area contributed by atoms with Gasteiger partial charge in [0.25, 0.3) is 0 Å². The second-order valence-electron chi connectivity index (χ2n) is 13.9. The number of fused-ring (bicyclic) bond motifs is 7.